The van der Waals surface area contributed by atoms with Gasteiger partial charge in [0.05, 0.1) is 11.6 Å². The van der Waals surface area contributed by atoms with Crippen LogP contribution in [-0.4, -0.2) is 11.8 Å². The Balaban J connectivity index is 3.00. The summed E-state index contributed by atoms with van der Waals surface area (Å²) in [5, 5.41) is 0. The minimum absolute atomic E-state index is 0.0624. The molecule has 0 aliphatic rings. The molecule has 0 spiro atoms. The summed E-state index contributed by atoms with van der Waals surface area (Å²) in [6, 6.07) is 3.88. The maximum absolute atomic E-state index is 13.5. The second-order valence-electron chi connectivity index (χ2n) is 4.26. The van der Waals surface area contributed by atoms with Crippen LogP contribution in [0.25, 0.3) is 0 Å². The molecule has 2 N–H and O–H groups in total. The lowest BCUT2D eigenvalue weighted by Gasteiger charge is -2.17. The number of nitrogens with two attached hydrogens (primary N) is 1. The van der Waals surface area contributed by atoms with Crippen molar-refractivity contribution in [1.29, 1.82) is 0 Å². The van der Waals surface area contributed by atoms with Gasteiger partial charge in [-0.3, -0.25) is 4.79 Å². The zero-order valence-electron chi connectivity index (χ0n) is 9.96. The molecule has 0 aromatic heterocycles. The number of carbonyl (C=O) groups excluding carboxylic acids is 1. The standard InChI is InChI=1S/C13H18FNO/c1-4-9(3)12(15)13(16)10-7-8(2)5-6-11(10)14/h5-7,9,12H,4,15H2,1-3H3. The van der Waals surface area contributed by atoms with Crippen LogP contribution in [0.4, 0.5) is 4.39 Å². The maximum Gasteiger partial charge on any atom is 0.182 e. The van der Waals surface area contributed by atoms with Crippen LogP contribution < -0.4 is 5.73 Å². The summed E-state index contributed by atoms with van der Waals surface area (Å²) >= 11 is 0. The fourth-order valence-corrected chi connectivity index (χ4v) is 1.52. The first kappa shape index (κ1) is 12.8. The Kier molecular flexibility index (Phi) is 4.19. The molecule has 0 heterocycles. The van der Waals surface area contributed by atoms with E-state index in [0.29, 0.717) is 0 Å². The van der Waals surface area contributed by atoms with E-state index in [1.54, 1.807) is 12.1 Å². The average molecular weight is 223 g/mol. The molecule has 0 saturated carbocycles. The number of ketones is 1. The lowest BCUT2D eigenvalue weighted by molar-refractivity contribution is 0.0931. The van der Waals surface area contributed by atoms with Crippen LogP contribution >= 0.6 is 0 Å². The number of rotatable bonds is 4. The van der Waals surface area contributed by atoms with Crippen LogP contribution in [0.3, 0.4) is 0 Å². The first-order valence-electron chi connectivity index (χ1n) is 5.53. The highest BCUT2D eigenvalue weighted by atomic mass is 19.1. The van der Waals surface area contributed by atoms with E-state index in [-0.39, 0.29) is 17.3 Å². The Labute approximate surface area is 95.7 Å². The van der Waals surface area contributed by atoms with E-state index in [4.69, 9.17) is 5.73 Å². The average Bonchev–Trinajstić information content (AvgIpc) is 2.29. The predicted molar refractivity (Wildman–Crippen MR) is 62.9 cm³/mol. The third kappa shape index (κ3) is 2.67. The molecule has 2 nitrogen and oxygen atoms in total. The molecule has 0 aliphatic heterocycles. The molecule has 0 aliphatic carbocycles. The Morgan fingerprint density at radius 3 is 2.69 bits per heavy atom. The number of halogens is 1. The molecule has 16 heavy (non-hydrogen) atoms. The summed E-state index contributed by atoms with van der Waals surface area (Å²) in [6.45, 7) is 5.69. The molecule has 1 aromatic rings. The first-order chi connectivity index (χ1) is 7.47. The van der Waals surface area contributed by atoms with Gasteiger partial charge in [-0.1, -0.05) is 31.9 Å². The molecule has 0 radical (unpaired) electrons. The molecule has 3 heteroatoms. The van der Waals surface area contributed by atoms with E-state index in [9.17, 15) is 9.18 Å². The lowest BCUT2D eigenvalue weighted by Crippen LogP contribution is -2.37. The SMILES string of the molecule is CCC(C)C(N)C(=O)c1cc(C)ccc1F. The van der Waals surface area contributed by atoms with E-state index < -0.39 is 11.9 Å². The summed E-state index contributed by atoms with van der Waals surface area (Å²) in [4.78, 5) is 12.0. The first-order valence-corrected chi connectivity index (χ1v) is 5.53. The molecule has 0 fully saturated rings. The van der Waals surface area contributed by atoms with E-state index in [2.05, 4.69) is 0 Å². The molecule has 2 unspecified atom stereocenters. The third-order valence-corrected chi connectivity index (χ3v) is 2.95. The molecule has 0 amide bonds. The molecule has 0 bridgehead atoms. The largest absolute Gasteiger partial charge is 0.321 e. The van der Waals surface area contributed by atoms with Crippen LogP contribution in [0.5, 0.6) is 0 Å². The molecule has 0 saturated heterocycles. The minimum Gasteiger partial charge on any atom is -0.321 e. The van der Waals surface area contributed by atoms with Gasteiger partial charge >= 0.3 is 0 Å². The second-order valence-corrected chi connectivity index (χ2v) is 4.26. The molecule has 88 valence electrons. The van der Waals surface area contributed by atoms with Crippen LogP contribution in [0.15, 0.2) is 18.2 Å². The van der Waals surface area contributed by atoms with Crippen LogP contribution in [0.2, 0.25) is 0 Å². The Morgan fingerprint density at radius 1 is 1.50 bits per heavy atom. The fraction of sp³-hybridized carbons (Fsp3) is 0.462. The number of hydrogen-bond donors (Lipinski definition) is 1. The zero-order valence-corrected chi connectivity index (χ0v) is 9.96. The van der Waals surface area contributed by atoms with Crippen LogP contribution in [0, 0.1) is 18.7 Å². The van der Waals surface area contributed by atoms with Crippen molar-refractivity contribution in [1.82, 2.24) is 0 Å². The Bertz CT molecular complexity index is 390. The van der Waals surface area contributed by atoms with Gasteiger partial charge in [0.25, 0.3) is 0 Å². The van der Waals surface area contributed by atoms with Gasteiger partial charge in [-0.15, -0.1) is 0 Å². The van der Waals surface area contributed by atoms with Gasteiger partial charge in [0, 0.05) is 0 Å². The van der Waals surface area contributed by atoms with Gasteiger partial charge in [-0.05, 0) is 25.0 Å². The van der Waals surface area contributed by atoms with Crippen molar-refractivity contribution in [3.63, 3.8) is 0 Å². The van der Waals surface area contributed by atoms with Crippen molar-refractivity contribution in [2.24, 2.45) is 11.7 Å². The summed E-state index contributed by atoms with van der Waals surface area (Å²) in [5.74, 6) is -0.739. The number of aryl methyl sites for hydroxylation is 1. The molecular formula is C13H18FNO. The van der Waals surface area contributed by atoms with E-state index in [1.165, 1.54) is 6.07 Å². The van der Waals surface area contributed by atoms with Gasteiger partial charge in [0.2, 0.25) is 0 Å². The second kappa shape index (κ2) is 5.21. The van der Waals surface area contributed by atoms with E-state index >= 15 is 0 Å². The van der Waals surface area contributed by atoms with Gasteiger partial charge in [0.1, 0.15) is 5.82 Å². The van der Waals surface area contributed by atoms with Gasteiger partial charge in [-0.2, -0.15) is 0 Å². The van der Waals surface area contributed by atoms with Crippen molar-refractivity contribution < 1.29 is 9.18 Å². The monoisotopic (exact) mass is 223 g/mol. The van der Waals surface area contributed by atoms with E-state index in [1.807, 2.05) is 20.8 Å². The summed E-state index contributed by atoms with van der Waals surface area (Å²) in [6.07, 6.45) is 0.806. The van der Waals surface area contributed by atoms with Gasteiger partial charge in [0.15, 0.2) is 5.78 Å². The highest BCUT2D eigenvalue weighted by Gasteiger charge is 2.23. The molecule has 1 rings (SSSR count). The minimum atomic E-state index is -0.624. The van der Waals surface area contributed by atoms with Crippen molar-refractivity contribution in [2.75, 3.05) is 0 Å². The normalized spacial score (nSPS) is 14.6. The molecular weight excluding hydrogens is 205 g/mol. The molecule has 1 aromatic carbocycles. The zero-order chi connectivity index (χ0) is 12.3. The smallest absolute Gasteiger partial charge is 0.182 e. The summed E-state index contributed by atoms with van der Waals surface area (Å²) in [5.41, 5.74) is 6.77. The highest BCUT2D eigenvalue weighted by molar-refractivity contribution is 6.00. The van der Waals surface area contributed by atoms with Crippen molar-refractivity contribution in [3.05, 3.63) is 35.1 Å². The Hall–Kier alpha value is -1.22. The number of carbonyl (C=O) groups is 1. The maximum atomic E-state index is 13.5. The summed E-state index contributed by atoms with van der Waals surface area (Å²) < 4.78 is 13.5. The number of benzene rings is 1. The van der Waals surface area contributed by atoms with Gasteiger partial charge in [-0.25, -0.2) is 4.39 Å². The summed E-state index contributed by atoms with van der Waals surface area (Å²) in [7, 11) is 0. The van der Waals surface area contributed by atoms with Crippen LogP contribution in [-0.2, 0) is 0 Å². The van der Waals surface area contributed by atoms with Gasteiger partial charge < -0.3 is 5.73 Å². The van der Waals surface area contributed by atoms with Crippen LogP contribution in [0.1, 0.15) is 36.2 Å². The quantitative estimate of drug-likeness (QED) is 0.797. The highest BCUT2D eigenvalue weighted by Crippen LogP contribution is 2.16. The number of hydrogen-bond acceptors (Lipinski definition) is 2. The Morgan fingerprint density at radius 2 is 2.12 bits per heavy atom. The predicted octanol–water partition coefficient (Wildman–Crippen LogP) is 2.69. The topological polar surface area (TPSA) is 43.1 Å². The molecule has 2 atom stereocenters. The fourth-order valence-electron chi connectivity index (χ4n) is 1.52. The van der Waals surface area contributed by atoms with Crippen molar-refractivity contribution >= 4 is 5.78 Å². The van der Waals surface area contributed by atoms with E-state index in [0.717, 1.165) is 12.0 Å². The van der Waals surface area contributed by atoms with Crippen molar-refractivity contribution in [2.45, 2.75) is 33.2 Å². The third-order valence-electron chi connectivity index (χ3n) is 2.95. The number of Topliss-reactive ketones (excluding diaryl/α,β-unsaturated/α-hetero) is 1. The van der Waals surface area contributed by atoms with Crippen molar-refractivity contribution in [3.8, 4) is 0 Å². The lowest BCUT2D eigenvalue weighted by atomic mass is 9.92.